The second kappa shape index (κ2) is 12.5. The van der Waals surface area contributed by atoms with Crippen LogP contribution in [0.2, 0.25) is 0 Å². The third-order valence-electron chi connectivity index (χ3n) is 9.50. The summed E-state index contributed by atoms with van der Waals surface area (Å²) in [6.45, 7) is 2.27. The molecule has 1 aromatic carbocycles. The van der Waals surface area contributed by atoms with Crippen LogP contribution in [0.5, 0.6) is 11.5 Å². The van der Waals surface area contributed by atoms with Crippen LogP contribution in [0.15, 0.2) is 27.9 Å². The number of hydrogen-bond donors (Lipinski definition) is 2. The molecule has 4 saturated carbocycles. The van der Waals surface area contributed by atoms with Gasteiger partial charge in [-0.15, -0.1) is 17.5 Å². The minimum absolute atomic E-state index is 0. The number of nitrogens with zero attached hydrogens (tertiary/aromatic N) is 7. The second-order valence-electron chi connectivity index (χ2n) is 12.2. The molecule has 1 amide bonds. The van der Waals surface area contributed by atoms with E-state index in [1.807, 2.05) is 0 Å². The molecular formula is C29H36ClN9O5. The number of carbonyl (C=O) groups is 2. The Morgan fingerprint density at radius 2 is 1.82 bits per heavy atom. The average molecular weight is 626 g/mol. The van der Waals surface area contributed by atoms with Gasteiger partial charge in [0.2, 0.25) is 11.6 Å². The number of carbonyl (C=O) groups excluding carboxylic acids is 2. The number of benzene rings is 1. The van der Waals surface area contributed by atoms with Crippen LogP contribution in [0.1, 0.15) is 66.7 Å². The van der Waals surface area contributed by atoms with Crippen LogP contribution in [0, 0.1) is 29.6 Å². The zero-order valence-corrected chi connectivity index (χ0v) is 25.2. The number of ether oxygens (including phenoxy) is 2. The Bertz CT molecular complexity index is 1520. The summed E-state index contributed by atoms with van der Waals surface area (Å²) in [5.41, 5.74) is 9.64. The van der Waals surface area contributed by atoms with Gasteiger partial charge in [0, 0.05) is 6.54 Å². The maximum atomic E-state index is 13.3. The molecule has 44 heavy (non-hydrogen) atoms. The molecule has 15 heteroatoms. The number of aromatic nitrogens is 5. The second-order valence-corrected chi connectivity index (χ2v) is 12.2. The molecule has 234 valence electrons. The van der Waals surface area contributed by atoms with E-state index in [0.29, 0.717) is 41.1 Å². The molecular weight excluding hydrogens is 590 g/mol. The van der Waals surface area contributed by atoms with Gasteiger partial charge in [0.25, 0.3) is 5.91 Å². The normalized spacial score (nSPS) is 25.7. The number of nitrogen functional groups attached to an aromatic ring is 1. The number of hydrazone groups is 1. The number of likely N-dealkylation sites (tertiary alicyclic amines) is 1. The highest BCUT2D eigenvalue weighted by Gasteiger charge is 2.51. The molecule has 2 aromatic heterocycles. The average Bonchev–Trinajstić information content (AvgIpc) is 3.75. The van der Waals surface area contributed by atoms with Gasteiger partial charge in [-0.1, -0.05) is 5.21 Å². The van der Waals surface area contributed by atoms with E-state index in [0.717, 1.165) is 63.5 Å². The molecule has 1 aliphatic heterocycles. The van der Waals surface area contributed by atoms with E-state index in [4.69, 9.17) is 19.8 Å². The fraction of sp³-hybridized carbons (Fsp3) is 0.552. The zero-order valence-electron chi connectivity index (χ0n) is 24.4. The highest BCUT2D eigenvalue weighted by Crippen LogP contribution is 2.56. The molecule has 0 spiro atoms. The smallest absolute Gasteiger partial charge is 0.315 e. The Morgan fingerprint density at radius 3 is 2.48 bits per heavy atom. The first-order chi connectivity index (χ1) is 21.0. The van der Waals surface area contributed by atoms with Gasteiger partial charge in [-0.3, -0.25) is 14.5 Å². The Balaban J connectivity index is 0.00000343. The lowest BCUT2D eigenvalue weighted by Crippen LogP contribution is -2.49. The molecule has 3 N–H and O–H groups in total. The lowest BCUT2D eigenvalue weighted by atomic mass is 9.52. The Labute approximate surface area is 260 Å². The number of hydrogen-bond acceptors (Lipinski definition) is 12. The summed E-state index contributed by atoms with van der Waals surface area (Å²) < 4.78 is 17.4. The van der Waals surface area contributed by atoms with Gasteiger partial charge >= 0.3 is 5.97 Å². The predicted octanol–water partition coefficient (Wildman–Crippen LogP) is 3.00. The van der Waals surface area contributed by atoms with Crippen molar-refractivity contribution in [3.8, 4) is 17.3 Å². The van der Waals surface area contributed by atoms with Gasteiger partial charge in [-0.2, -0.15) is 9.78 Å². The molecule has 8 rings (SSSR count). The number of esters is 1. The van der Waals surface area contributed by atoms with Crippen molar-refractivity contribution >= 4 is 36.3 Å². The number of nitrogens with two attached hydrogens (primary N) is 1. The maximum absolute atomic E-state index is 13.3. The highest BCUT2D eigenvalue weighted by atomic mass is 35.5. The topological polar surface area (TPSA) is 176 Å². The standard InChI is InChI=1S/C29H35N9O5.ClH/c1-41-23-13-16(4-5-22(23)42-29(40)24-19-9-17-8-18(11-19)12-20(24)10-17)14-31-33-28(39)25-21(15-37-6-2-3-7-37)32-36-38(25)27-26(30)34-43-35-27;/h4-5,13-14,17-20,24H,2-3,6-12,15H2,1H3,(H2,30,34)(H,33,39);1H/b31-14+;. The number of rotatable bonds is 9. The predicted molar refractivity (Wildman–Crippen MR) is 160 cm³/mol. The number of halogens is 1. The fourth-order valence-electron chi connectivity index (χ4n) is 7.84. The summed E-state index contributed by atoms with van der Waals surface area (Å²) in [5.74, 6) is 2.54. The highest BCUT2D eigenvalue weighted by molar-refractivity contribution is 5.95. The summed E-state index contributed by atoms with van der Waals surface area (Å²) in [4.78, 5) is 28.8. The van der Waals surface area contributed by atoms with Crippen LogP contribution in [0.3, 0.4) is 0 Å². The van der Waals surface area contributed by atoms with Gasteiger partial charge < -0.3 is 15.2 Å². The van der Waals surface area contributed by atoms with Crippen LogP contribution in [-0.4, -0.2) is 68.5 Å². The Kier molecular flexibility index (Phi) is 8.54. The monoisotopic (exact) mass is 625 g/mol. The van der Waals surface area contributed by atoms with Crippen LogP contribution < -0.4 is 20.6 Å². The van der Waals surface area contributed by atoms with Gasteiger partial charge in [-0.25, -0.2) is 10.1 Å². The molecule has 3 aromatic rings. The van der Waals surface area contributed by atoms with Crippen molar-refractivity contribution in [3.05, 3.63) is 35.2 Å². The zero-order chi connectivity index (χ0) is 29.5. The van der Waals surface area contributed by atoms with Crippen molar-refractivity contribution in [1.82, 2.24) is 35.6 Å². The SMILES string of the molecule is COc1cc(/C=N/NC(=O)c2c(CN3CCCC3)nnn2-c2nonc2N)ccc1OC(=O)C1C2CC3CC(C2)CC1C3.Cl. The van der Waals surface area contributed by atoms with E-state index in [9.17, 15) is 9.59 Å². The van der Waals surface area contributed by atoms with Crippen LogP contribution in [0.4, 0.5) is 5.82 Å². The Hall–Kier alpha value is -4.04. The van der Waals surface area contributed by atoms with Gasteiger partial charge in [0.05, 0.1) is 19.2 Å². The van der Waals surface area contributed by atoms with E-state index in [1.54, 1.807) is 18.2 Å². The molecule has 5 aliphatic rings. The first kappa shape index (κ1) is 30.0. The minimum Gasteiger partial charge on any atom is -0.493 e. The van der Waals surface area contributed by atoms with E-state index >= 15 is 0 Å². The quantitative estimate of drug-likeness (QED) is 0.155. The summed E-state index contributed by atoms with van der Waals surface area (Å²) in [6, 6.07) is 5.16. The molecule has 5 fully saturated rings. The van der Waals surface area contributed by atoms with Crippen molar-refractivity contribution in [3.63, 3.8) is 0 Å². The summed E-state index contributed by atoms with van der Waals surface area (Å²) in [6.07, 6.45) is 9.56. The molecule has 0 unspecified atom stereocenters. The summed E-state index contributed by atoms with van der Waals surface area (Å²) in [5, 5.41) is 19.8. The van der Waals surface area contributed by atoms with E-state index in [1.165, 1.54) is 24.4 Å². The molecule has 1 saturated heterocycles. The molecule has 0 atom stereocenters. The number of anilines is 1. The van der Waals surface area contributed by atoms with E-state index in [-0.39, 0.29) is 41.6 Å². The molecule has 4 bridgehead atoms. The largest absolute Gasteiger partial charge is 0.493 e. The third-order valence-corrected chi connectivity index (χ3v) is 9.50. The van der Waals surface area contributed by atoms with Crippen molar-refractivity contribution in [2.45, 2.75) is 51.5 Å². The van der Waals surface area contributed by atoms with E-state index in [2.05, 4.69) is 36.1 Å². The van der Waals surface area contributed by atoms with Gasteiger partial charge in [0.15, 0.2) is 17.2 Å². The first-order valence-corrected chi connectivity index (χ1v) is 14.9. The van der Waals surface area contributed by atoms with Crippen molar-refractivity contribution in [2.24, 2.45) is 34.7 Å². The number of nitrogens with one attached hydrogen (secondary N) is 1. The minimum atomic E-state index is -0.550. The van der Waals surface area contributed by atoms with Crippen molar-refractivity contribution < 1.29 is 23.7 Å². The lowest BCUT2D eigenvalue weighted by Gasteiger charge is -2.53. The van der Waals surface area contributed by atoms with E-state index < -0.39 is 5.91 Å². The van der Waals surface area contributed by atoms with Crippen molar-refractivity contribution in [2.75, 3.05) is 25.9 Å². The lowest BCUT2D eigenvalue weighted by molar-refractivity contribution is -0.152. The van der Waals surface area contributed by atoms with Crippen LogP contribution in [-0.2, 0) is 11.3 Å². The number of amides is 1. The van der Waals surface area contributed by atoms with Crippen LogP contribution in [0.25, 0.3) is 5.82 Å². The molecule has 4 aliphatic carbocycles. The number of methoxy groups -OCH3 is 1. The molecule has 14 nitrogen and oxygen atoms in total. The molecule has 0 radical (unpaired) electrons. The maximum Gasteiger partial charge on any atom is 0.315 e. The van der Waals surface area contributed by atoms with Crippen molar-refractivity contribution in [1.29, 1.82) is 0 Å². The summed E-state index contributed by atoms with van der Waals surface area (Å²) >= 11 is 0. The third kappa shape index (κ3) is 5.75. The van der Waals surface area contributed by atoms with Crippen LogP contribution >= 0.6 is 12.4 Å². The first-order valence-electron chi connectivity index (χ1n) is 14.9. The fourth-order valence-corrected chi connectivity index (χ4v) is 7.84. The van der Waals surface area contributed by atoms with Gasteiger partial charge in [-0.05, 0) is 116 Å². The summed E-state index contributed by atoms with van der Waals surface area (Å²) in [7, 11) is 1.53. The van der Waals surface area contributed by atoms with Gasteiger partial charge in [0.1, 0.15) is 5.69 Å². The Morgan fingerprint density at radius 1 is 1.09 bits per heavy atom. The molecule has 3 heterocycles.